The second-order valence-corrected chi connectivity index (χ2v) is 3.41. The summed E-state index contributed by atoms with van der Waals surface area (Å²) in [6.45, 7) is 0. The van der Waals surface area contributed by atoms with Crippen molar-refractivity contribution in [3.8, 4) is 0 Å². The number of rotatable bonds is 4. The van der Waals surface area contributed by atoms with Crippen LogP contribution in [-0.4, -0.2) is 22.1 Å². The normalized spacial score (nSPS) is 12.7. The quantitative estimate of drug-likeness (QED) is 0.679. The summed E-state index contributed by atoms with van der Waals surface area (Å²) < 4.78 is 36.4. The van der Waals surface area contributed by atoms with Gasteiger partial charge in [-0.05, 0) is 18.9 Å². The largest absolute Gasteiger partial charge is 0.403 e. The van der Waals surface area contributed by atoms with Crippen LogP contribution in [0.3, 0.4) is 0 Å². The third-order valence-electron chi connectivity index (χ3n) is 2.18. The molecule has 1 aromatic rings. The Hall–Kier alpha value is -1.41. The highest BCUT2D eigenvalue weighted by Crippen LogP contribution is 2.23. The molecule has 1 unspecified atom stereocenters. The van der Waals surface area contributed by atoms with Crippen molar-refractivity contribution < 1.29 is 18.1 Å². The zero-order chi connectivity index (χ0) is 13.1. The molecule has 0 radical (unpaired) electrons. The molecular weight excluding hydrogens is 275 g/mol. The summed E-state index contributed by atoms with van der Waals surface area (Å²) in [7, 11) is 0. The second-order valence-electron chi connectivity index (χ2n) is 3.41. The van der Waals surface area contributed by atoms with Gasteiger partial charge >= 0.3 is 6.18 Å². The smallest absolute Gasteiger partial charge is 0.320 e. The lowest BCUT2D eigenvalue weighted by Crippen LogP contribution is -2.37. The van der Waals surface area contributed by atoms with Gasteiger partial charge in [0, 0.05) is 12.3 Å². The summed E-state index contributed by atoms with van der Waals surface area (Å²) in [5.74, 6) is 0. The van der Waals surface area contributed by atoms with Gasteiger partial charge in [-0.25, -0.2) is 0 Å². The average Bonchev–Trinajstić information content (AvgIpc) is 2.24. The van der Waals surface area contributed by atoms with E-state index >= 15 is 0 Å². The number of nitrogens with two attached hydrogens (primary N) is 1. The van der Waals surface area contributed by atoms with Crippen molar-refractivity contribution in [2.75, 3.05) is 0 Å². The number of alkyl halides is 3. The predicted octanol–water partition coefficient (Wildman–Crippen LogP) is 2.23. The second kappa shape index (κ2) is 6.50. The van der Waals surface area contributed by atoms with Gasteiger partial charge in [-0.3, -0.25) is 15.1 Å². The Labute approximate surface area is 107 Å². The highest BCUT2D eigenvalue weighted by molar-refractivity contribution is 5.85. The molecule has 2 N–H and O–H groups in total. The standard InChI is InChI=1S/C9H10F3N3O2.ClH/c10-9(11,12)8(13)4-3-6-7(15(16)17)2-1-5-14-6;/h1-2,5,8H,3-4,13H2;1H. The number of nitro groups is 1. The van der Waals surface area contributed by atoms with E-state index < -0.39 is 23.6 Å². The molecule has 0 aromatic carbocycles. The van der Waals surface area contributed by atoms with Gasteiger partial charge in [0.05, 0.1) is 4.92 Å². The number of hydrogen-bond donors (Lipinski definition) is 1. The van der Waals surface area contributed by atoms with Gasteiger partial charge in [0.15, 0.2) is 0 Å². The minimum absolute atomic E-state index is 0. The molecule has 0 fully saturated rings. The Morgan fingerprint density at radius 2 is 2.11 bits per heavy atom. The Kier molecular flexibility index (Phi) is 5.99. The first-order chi connectivity index (χ1) is 7.82. The van der Waals surface area contributed by atoms with Gasteiger partial charge in [-0.15, -0.1) is 12.4 Å². The van der Waals surface area contributed by atoms with Crippen molar-refractivity contribution in [1.29, 1.82) is 0 Å². The molecule has 5 nitrogen and oxygen atoms in total. The molecule has 0 bridgehead atoms. The van der Waals surface area contributed by atoms with E-state index in [1.165, 1.54) is 18.3 Å². The minimum Gasteiger partial charge on any atom is -0.320 e. The van der Waals surface area contributed by atoms with Crippen molar-refractivity contribution in [2.45, 2.75) is 25.1 Å². The van der Waals surface area contributed by atoms with Crippen LogP contribution in [0.5, 0.6) is 0 Å². The van der Waals surface area contributed by atoms with Crippen molar-refractivity contribution in [3.05, 3.63) is 34.1 Å². The number of halogens is 4. The zero-order valence-corrected chi connectivity index (χ0v) is 9.87. The van der Waals surface area contributed by atoms with Gasteiger partial charge in [-0.2, -0.15) is 13.2 Å². The maximum atomic E-state index is 12.1. The van der Waals surface area contributed by atoms with E-state index in [-0.39, 0.29) is 30.2 Å². The van der Waals surface area contributed by atoms with Crippen molar-refractivity contribution in [2.24, 2.45) is 5.73 Å². The summed E-state index contributed by atoms with van der Waals surface area (Å²) in [6.07, 6.45) is -3.82. The van der Waals surface area contributed by atoms with Crippen LogP contribution in [0.4, 0.5) is 18.9 Å². The van der Waals surface area contributed by atoms with Gasteiger partial charge < -0.3 is 5.73 Å². The summed E-state index contributed by atoms with van der Waals surface area (Å²) in [5.41, 5.74) is 4.62. The summed E-state index contributed by atoms with van der Waals surface area (Å²) in [4.78, 5) is 13.6. The molecule has 0 amide bonds. The number of pyridine rings is 1. The Bertz CT molecular complexity index is 414. The average molecular weight is 286 g/mol. The van der Waals surface area contributed by atoms with Gasteiger partial charge in [-0.1, -0.05) is 0 Å². The monoisotopic (exact) mass is 285 g/mol. The lowest BCUT2D eigenvalue weighted by Gasteiger charge is -2.14. The van der Waals surface area contributed by atoms with E-state index in [1.807, 2.05) is 0 Å². The van der Waals surface area contributed by atoms with Crippen LogP contribution in [-0.2, 0) is 6.42 Å². The highest BCUT2D eigenvalue weighted by Gasteiger charge is 2.36. The Balaban J connectivity index is 0.00000289. The van der Waals surface area contributed by atoms with E-state index in [9.17, 15) is 23.3 Å². The Morgan fingerprint density at radius 3 is 2.61 bits per heavy atom. The first-order valence-corrected chi connectivity index (χ1v) is 4.73. The van der Waals surface area contributed by atoms with Crippen molar-refractivity contribution in [3.63, 3.8) is 0 Å². The maximum absolute atomic E-state index is 12.1. The first kappa shape index (κ1) is 16.6. The van der Waals surface area contributed by atoms with Crippen LogP contribution < -0.4 is 5.73 Å². The molecule has 0 aliphatic heterocycles. The molecule has 1 aromatic heterocycles. The summed E-state index contributed by atoms with van der Waals surface area (Å²) >= 11 is 0. The van der Waals surface area contributed by atoms with E-state index in [0.717, 1.165) is 0 Å². The molecule has 0 aliphatic carbocycles. The number of aromatic nitrogens is 1. The molecule has 0 saturated carbocycles. The molecule has 1 atom stereocenters. The first-order valence-electron chi connectivity index (χ1n) is 4.73. The summed E-state index contributed by atoms with van der Waals surface area (Å²) in [5, 5.41) is 10.6. The maximum Gasteiger partial charge on any atom is 0.403 e. The third kappa shape index (κ3) is 4.46. The molecule has 0 aliphatic rings. The van der Waals surface area contributed by atoms with E-state index in [4.69, 9.17) is 5.73 Å². The Morgan fingerprint density at radius 1 is 1.50 bits per heavy atom. The number of hydrogen-bond acceptors (Lipinski definition) is 4. The van der Waals surface area contributed by atoms with E-state index in [2.05, 4.69) is 4.98 Å². The molecule has 0 saturated heterocycles. The van der Waals surface area contributed by atoms with E-state index in [1.54, 1.807) is 0 Å². The van der Waals surface area contributed by atoms with Gasteiger partial charge in [0.1, 0.15) is 11.7 Å². The minimum atomic E-state index is -4.50. The molecule has 9 heteroatoms. The zero-order valence-electron chi connectivity index (χ0n) is 9.05. The van der Waals surface area contributed by atoms with E-state index in [0.29, 0.717) is 0 Å². The van der Waals surface area contributed by atoms with Crippen molar-refractivity contribution >= 4 is 18.1 Å². The van der Waals surface area contributed by atoms with Crippen LogP contribution >= 0.6 is 12.4 Å². The lowest BCUT2D eigenvalue weighted by atomic mass is 10.1. The molecule has 102 valence electrons. The fraction of sp³-hybridized carbons (Fsp3) is 0.444. The molecule has 1 rings (SSSR count). The fourth-order valence-corrected chi connectivity index (χ4v) is 1.24. The van der Waals surface area contributed by atoms with Crippen LogP contribution in [0.25, 0.3) is 0 Å². The third-order valence-corrected chi connectivity index (χ3v) is 2.18. The SMILES string of the molecule is Cl.NC(CCc1ncccc1[N+](=O)[O-])C(F)(F)F. The van der Waals surface area contributed by atoms with Gasteiger partial charge in [0.2, 0.25) is 0 Å². The topological polar surface area (TPSA) is 82.0 Å². The fourth-order valence-electron chi connectivity index (χ4n) is 1.24. The lowest BCUT2D eigenvalue weighted by molar-refractivity contribution is -0.386. The molecule has 1 heterocycles. The van der Waals surface area contributed by atoms with Gasteiger partial charge in [0.25, 0.3) is 5.69 Å². The van der Waals surface area contributed by atoms with Crippen molar-refractivity contribution in [1.82, 2.24) is 4.98 Å². The van der Waals surface area contributed by atoms with Crippen LogP contribution in [0.1, 0.15) is 12.1 Å². The number of nitrogens with zero attached hydrogens (tertiary/aromatic N) is 2. The molecule has 0 spiro atoms. The van der Waals surface area contributed by atoms with Crippen LogP contribution in [0.15, 0.2) is 18.3 Å². The number of aryl methyl sites for hydroxylation is 1. The molecular formula is C9H11ClF3N3O2. The highest BCUT2D eigenvalue weighted by atomic mass is 35.5. The summed E-state index contributed by atoms with van der Waals surface area (Å²) in [6, 6.07) is 0.552. The van der Waals surface area contributed by atoms with Crippen LogP contribution in [0, 0.1) is 10.1 Å². The van der Waals surface area contributed by atoms with Crippen LogP contribution in [0.2, 0.25) is 0 Å². The molecule has 18 heavy (non-hydrogen) atoms. The predicted molar refractivity (Wildman–Crippen MR) is 60.5 cm³/mol.